The van der Waals surface area contributed by atoms with Crippen molar-refractivity contribution in [2.24, 2.45) is 0 Å². The Morgan fingerprint density at radius 3 is 2.27 bits per heavy atom. The van der Waals surface area contributed by atoms with Gasteiger partial charge in [0, 0.05) is 0 Å². The molecule has 1 atom stereocenters. The van der Waals surface area contributed by atoms with Crippen molar-refractivity contribution in [3.05, 3.63) is 63.2 Å². The molecule has 3 nitrogen and oxygen atoms in total. The molecule has 2 rings (SSSR count). The molecule has 0 saturated heterocycles. The molecule has 2 aromatic carbocycles. The maximum atomic E-state index is 10.0. The van der Waals surface area contributed by atoms with Gasteiger partial charge in [0.1, 0.15) is 18.5 Å². The summed E-state index contributed by atoms with van der Waals surface area (Å²) >= 11 is 2.19. The third-order valence-corrected chi connectivity index (χ3v) is 3.55. The molecule has 2 aromatic rings. The predicted molar refractivity (Wildman–Crippen MR) is 102 cm³/mol. The molecule has 0 radical (unpaired) electrons. The van der Waals surface area contributed by atoms with Crippen molar-refractivity contribution >= 4 is 36.1 Å². The van der Waals surface area contributed by atoms with Crippen LogP contribution in [0.5, 0.6) is 5.75 Å². The van der Waals surface area contributed by atoms with Gasteiger partial charge in [0.2, 0.25) is 0 Å². The summed E-state index contributed by atoms with van der Waals surface area (Å²) in [6.07, 6.45) is -0.705. The molecule has 0 heterocycles. The smallest absolute Gasteiger partial charge is 0.132 e. The van der Waals surface area contributed by atoms with Crippen molar-refractivity contribution in [2.75, 3.05) is 6.61 Å². The van der Waals surface area contributed by atoms with Gasteiger partial charge in [0.25, 0.3) is 0 Å². The number of hydrogen-bond donors (Lipinski definition) is 1. The third kappa shape index (κ3) is 6.26. The molecule has 0 fully saturated rings. The van der Waals surface area contributed by atoms with E-state index in [0.717, 1.165) is 14.9 Å². The highest BCUT2D eigenvalue weighted by atomic mass is 127. The zero-order chi connectivity index (χ0) is 15.7. The van der Waals surface area contributed by atoms with E-state index in [-0.39, 0.29) is 20.1 Å². The van der Waals surface area contributed by atoms with Gasteiger partial charge >= 0.3 is 0 Å². The van der Waals surface area contributed by atoms with Crippen LogP contribution in [0.4, 0.5) is 0 Å². The van der Waals surface area contributed by atoms with Gasteiger partial charge in [-0.3, -0.25) is 0 Å². The van der Waals surface area contributed by atoms with E-state index >= 15 is 0 Å². The molecule has 0 aliphatic rings. The summed E-state index contributed by atoms with van der Waals surface area (Å²) in [5.41, 5.74) is 1.32. The highest BCUT2D eigenvalue weighted by molar-refractivity contribution is 14.1. The lowest BCUT2D eigenvalue weighted by atomic mass is 10.1. The second-order valence-electron chi connectivity index (χ2n) is 3.99. The Morgan fingerprint density at radius 2 is 1.73 bits per heavy atom. The number of para-hydroxylation sites is 1. The van der Waals surface area contributed by atoms with Crippen LogP contribution in [0.3, 0.4) is 0 Å². The summed E-state index contributed by atoms with van der Waals surface area (Å²) in [5, 5.41) is 18.7. The molecule has 22 heavy (non-hydrogen) atoms. The lowest BCUT2D eigenvalue weighted by Crippen LogP contribution is -2.10. The number of aliphatic hydroxyl groups excluding tert-OH is 1. The molecule has 0 unspecified atom stereocenters. The zero-order valence-electron chi connectivity index (χ0n) is 12.6. The van der Waals surface area contributed by atoms with Crippen LogP contribution < -0.4 is 4.74 Å². The Balaban J connectivity index is 0.00000141. The molecule has 0 aliphatic carbocycles. The Labute approximate surface area is 152 Å². The van der Waals surface area contributed by atoms with E-state index < -0.39 is 6.10 Å². The van der Waals surface area contributed by atoms with E-state index in [1.807, 2.05) is 44.2 Å². The van der Waals surface area contributed by atoms with Gasteiger partial charge in [-0.2, -0.15) is 18.8 Å². The molecule has 1 N–H and O–H groups in total. The van der Waals surface area contributed by atoms with E-state index in [1.165, 1.54) is 0 Å². The summed E-state index contributed by atoms with van der Waals surface area (Å²) in [6, 6.07) is 16.5. The second kappa shape index (κ2) is 11.4. The number of ether oxygens (including phenoxy) is 1. The van der Waals surface area contributed by atoms with Crippen molar-refractivity contribution in [3.8, 4) is 11.8 Å². The first-order valence-corrected chi connectivity index (χ1v) is 7.84. The molecular weight excluding hydrogens is 409 g/mol. The minimum Gasteiger partial charge on any atom is -0.489 e. The minimum absolute atomic E-state index is 0. The Hall–Kier alpha value is -1.23. The van der Waals surface area contributed by atoms with Crippen molar-refractivity contribution in [1.29, 1.82) is 5.26 Å². The van der Waals surface area contributed by atoms with Gasteiger partial charge in [0.05, 0.1) is 15.2 Å². The van der Waals surface area contributed by atoms with Gasteiger partial charge in [-0.25, -0.2) is 0 Å². The van der Waals surface area contributed by atoms with Gasteiger partial charge < -0.3 is 9.84 Å². The lowest BCUT2D eigenvalue weighted by Gasteiger charge is -2.13. The average Bonchev–Trinajstić information content (AvgIpc) is 2.56. The van der Waals surface area contributed by atoms with Crippen molar-refractivity contribution in [3.63, 3.8) is 0 Å². The van der Waals surface area contributed by atoms with E-state index in [1.54, 1.807) is 24.3 Å². The second-order valence-corrected chi connectivity index (χ2v) is 5.15. The van der Waals surface area contributed by atoms with Crippen molar-refractivity contribution in [1.82, 2.24) is 0 Å². The summed E-state index contributed by atoms with van der Waals surface area (Å²) < 4.78 is 6.59. The molecule has 0 spiro atoms. The fourth-order valence-corrected chi connectivity index (χ4v) is 2.15. The molecule has 0 aromatic heterocycles. The fraction of sp³-hybridized carbons (Fsp3) is 0.235. The van der Waals surface area contributed by atoms with Crippen LogP contribution in [0.15, 0.2) is 48.5 Å². The van der Waals surface area contributed by atoms with E-state index in [0.29, 0.717) is 5.56 Å². The largest absolute Gasteiger partial charge is 0.489 e. The Kier molecular flexibility index (Phi) is 10.7. The maximum absolute atomic E-state index is 10.0. The van der Waals surface area contributed by atoms with E-state index in [2.05, 4.69) is 22.6 Å². The molecule has 5 heteroatoms. The summed E-state index contributed by atoms with van der Waals surface area (Å²) in [5.74, 6) is 0.760. The maximum Gasteiger partial charge on any atom is 0.132 e. The van der Waals surface area contributed by atoms with Gasteiger partial charge in [0.15, 0.2) is 0 Å². The molecule has 0 amide bonds. The fourth-order valence-electron chi connectivity index (χ4n) is 1.61. The van der Waals surface area contributed by atoms with Crippen molar-refractivity contribution in [2.45, 2.75) is 20.0 Å². The highest BCUT2D eigenvalue weighted by Gasteiger charge is 2.09. The number of aliphatic hydroxyl groups is 1. The molecular formula is C17H20INO2S. The summed E-state index contributed by atoms with van der Waals surface area (Å²) in [6.45, 7) is 4.19. The average molecular weight is 429 g/mol. The Bertz CT molecular complexity index is 596. The molecule has 0 saturated carbocycles. The molecule has 0 bridgehead atoms. The number of rotatable bonds is 4. The molecule has 118 valence electrons. The topological polar surface area (TPSA) is 53.2 Å². The van der Waals surface area contributed by atoms with Gasteiger partial charge in [-0.15, -0.1) is 0 Å². The number of halogens is 1. The first-order valence-electron chi connectivity index (χ1n) is 6.76. The minimum atomic E-state index is -0.705. The van der Waals surface area contributed by atoms with Crippen LogP contribution in [0, 0.1) is 14.9 Å². The zero-order valence-corrected chi connectivity index (χ0v) is 15.7. The lowest BCUT2D eigenvalue weighted by molar-refractivity contribution is 0.107. The number of hydrogen-bond acceptors (Lipinski definition) is 3. The number of nitriles is 1. The van der Waals surface area contributed by atoms with E-state index in [4.69, 9.17) is 10.00 Å². The summed E-state index contributed by atoms with van der Waals surface area (Å²) in [4.78, 5) is 0. The molecule has 0 aliphatic heterocycles. The number of nitrogens with zero attached hydrogens (tertiary/aromatic N) is 1. The van der Waals surface area contributed by atoms with Crippen molar-refractivity contribution < 1.29 is 9.84 Å². The monoisotopic (exact) mass is 429 g/mol. The van der Waals surface area contributed by atoms with Gasteiger partial charge in [-0.1, -0.05) is 38.1 Å². The summed E-state index contributed by atoms with van der Waals surface area (Å²) in [7, 11) is 0. The third-order valence-electron chi connectivity index (χ3n) is 2.66. The SMILES string of the molecule is CC.N#Cc1ccc([C@H](O)COc2ccccc2I)cc1.S. The van der Waals surface area contributed by atoms with E-state index in [9.17, 15) is 5.11 Å². The van der Waals surface area contributed by atoms with Gasteiger partial charge in [-0.05, 0) is 52.4 Å². The van der Waals surface area contributed by atoms with Crippen LogP contribution in [-0.4, -0.2) is 11.7 Å². The predicted octanol–water partition coefficient (Wildman–Crippen LogP) is 4.41. The van der Waals surface area contributed by atoms with Crippen LogP contribution in [0.25, 0.3) is 0 Å². The normalized spacial score (nSPS) is 10.3. The Morgan fingerprint density at radius 1 is 1.14 bits per heavy atom. The quantitative estimate of drug-likeness (QED) is 0.733. The number of benzene rings is 2. The first-order chi connectivity index (χ1) is 10.2. The van der Waals surface area contributed by atoms with Crippen LogP contribution in [0.1, 0.15) is 31.1 Å². The highest BCUT2D eigenvalue weighted by Crippen LogP contribution is 2.22. The van der Waals surface area contributed by atoms with Crippen LogP contribution in [-0.2, 0) is 0 Å². The van der Waals surface area contributed by atoms with Crippen LogP contribution >= 0.6 is 36.1 Å². The van der Waals surface area contributed by atoms with Crippen LogP contribution in [0.2, 0.25) is 0 Å². The standard InChI is InChI=1S/C15H12INO2.C2H6.H2S/c16-13-3-1-2-4-15(13)19-10-14(18)12-7-5-11(9-17)6-8-12;1-2;/h1-8,14,18H,10H2;1-2H3;1H2/t14-;;/m1../s1. The first kappa shape index (κ1) is 20.8.